The minimum atomic E-state index is -0.285. The molecule has 80 valence electrons. The van der Waals surface area contributed by atoms with Crippen LogP contribution in [0, 0.1) is 18.3 Å². The number of hydrogen-bond acceptors (Lipinski definition) is 3. The summed E-state index contributed by atoms with van der Waals surface area (Å²) in [5.41, 5.74) is 1.14. The van der Waals surface area contributed by atoms with Gasteiger partial charge in [-0.15, -0.1) is 0 Å². The molecule has 0 aliphatic carbocycles. The Morgan fingerprint density at radius 1 is 1.53 bits per heavy atom. The SMILES string of the molecule is CCC(C)(C)Oc1nccc(C)c1C#N. The van der Waals surface area contributed by atoms with Crippen molar-refractivity contribution in [2.24, 2.45) is 0 Å². The topological polar surface area (TPSA) is 45.9 Å². The van der Waals surface area contributed by atoms with E-state index in [0.29, 0.717) is 11.4 Å². The Labute approximate surface area is 90.7 Å². The third kappa shape index (κ3) is 2.69. The summed E-state index contributed by atoms with van der Waals surface area (Å²) < 4.78 is 5.72. The number of pyridine rings is 1. The summed E-state index contributed by atoms with van der Waals surface area (Å²) in [7, 11) is 0. The predicted molar refractivity (Wildman–Crippen MR) is 58.7 cm³/mol. The lowest BCUT2D eigenvalue weighted by Gasteiger charge is -2.24. The largest absolute Gasteiger partial charge is 0.471 e. The van der Waals surface area contributed by atoms with Gasteiger partial charge in [0.15, 0.2) is 0 Å². The van der Waals surface area contributed by atoms with E-state index >= 15 is 0 Å². The van der Waals surface area contributed by atoms with Gasteiger partial charge in [0.2, 0.25) is 5.88 Å². The first-order valence-electron chi connectivity index (χ1n) is 5.05. The van der Waals surface area contributed by atoms with E-state index in [1.807, 2.05) is 33.8 Å². The van der Waals surface area contributed by atoms with Crippen LogP contribution in [0.5, 0.6) is 5.88 Å². The quantitative estimate of drug-likeness (QED) is 0.760. The summed E-state index contributed by atoms with van der Waals surface area (Å²) in [5.74, 6) is 0.435. The van der Waals surface area contributed by atoms with Crippen molar-refractivity contribution in [1.29, 1.82) is 5.26 Å². The van der Waals surface area contributed by atoms with Gasteiger partial charge in [0, 0.05) is 6.20 Å². The number of aryl methyl sites for hydroxylation is 1. The summed E-state index contributed by atoms with van der Waals surface area (Å²) in [6.45, 7) is 7.89. The van der Waals surface area contributed by atoms with Gasteiger partial charge in [0.05, 0.1) is 0 Å². The molecule has 0 bridgehead atoms. The highest BCUT2D eigenvalue weighted by Crippen LogP contribution is 2.23. The van der Waals surface area contributed by atoms with Crippen LogP contribution < -0.4 is 4.74 Å². The Bertz CT molecular complexity index is 391. The first-order valence-corrected chi connectivity index (χ1v) is 5.05. The van der Waals surface area contributed by atoms with Crippen molar-refractivity contribution in [1.82, 2.24) is 4.98 Å². The van der Waals surface area contributed by atoms with Crippen LogP contribution in [0.1, 0.15) is 38.3 Å². The molecular formula is C12H16N2O. The molecule has 0 unspecified atom stereocenters. The summed E-state index contributed by atoms with van der Waals surface area (Å²) in [4.78, 5) is 4.10. The molecule has 0 radical (unpaired) electrons. The molecule has 0 aliphatic heterocycles. The second kappa shape index (κ2) is 4.31. The third-order valence-electron chi connectivity index (χ3n) is 2.46. The number of hydrogen-bond donors (Lipinski definition) is 0. The number of nitriles is 1. The van der Waals surface area contributed by atoms with E-state index in [1.165, 1.54) is 0 Å². The van der Waals surface area contributed by atoms with Crippen LogP contribution in [0.15, 0.2) is 12.3 Å². The summed E-state index contributed by atoms with van der Waals surface area (Å²) in [6, 6.07) is 3.93. The molecule has 0 atom stereocenters. The Kier molecular flexibility index (Phi) is 3.31. The minimum Gasteiger partial charge on any atom is -0.471 e. The van der Waals surface area contributed by atoms with Crippen molar-refractivity contribution in [3.05, 3.63) is 23.4 Å². The van der Waals surface area contributed by atoms with Crippen molar-refractivity contribution in [3.8, 4) is 11.9 Å². The van der Waals surface area contributed by atoms with Crippen LogP contribution in [0.2, 0.25) is 0 Å². The highest BCUT2D eigenvalue weighted by molar-refractivity contribution is 5.43. The fourth-order valence-electron chi connectivity index (χ4n) is 1.08. The van der Waals surface area contributed by atoms with Gasteiger partial charge >= 0.3 is 0 Å². The first-order chi connectivity index (χ1) is 7.00. The maximum atomic E-state index is 9.00. The second-order valence-corrected chi connectivity index (χ2v) is 4.14. The van der Waals surface area contributed by atoms with Crippen LogP contribution in [-0.2, 0) is 0 Å². The zero-order valence-electron chi connectivity index (χ0n) is 9.66. The Morgan fingerprint density at radius 3 is 2.73 bits per heavy atom. The van der Waals surface area contributed by atoms with Gasteiger partial charge in [-0.2, -0.15) is 5.26 Å². The number of ether oxygens (including phenoxy) is 1. The molecule has 0 saturated carbocycles. The van der Waals surface area contributed by atoms with Gasteiger partial charge in [-0.3, -0.25) is 0 Å². The lowest BCUT2D eigenvalue weighted by molar-refractivity contribution is 0.0985. The Balaban J connectivity index is 3.06. The molecule has 3 nitrogen and oxygen atoms in total. The van der Waals surface area contributed by atoms with Crippen LogP contribution >= 0.6 is 0 Å². The number of rotatable bonds is 3. The van der Waals surface area contributed by atoms with E-state index in [0.717, 1.165) is 12.0 Å². The van der Waals surface area contributed by atoms with E-state index in [-0.39, 0.29) is 5.60 Å². The molecule has 1 aromatic rings. The van der Waals surface area contributed by atoms with Gasteiger partial charge in [-0.1, -0.05) is 6.92 Å². The highest BCUT2D eigenvalue weighted by atomic mass is 16.5. The van der Waals surface area contributed by atoms with E-state index < -0.39 is 0 Å². The molecule has 0 fully saturated rings. The number of nitrogens with zero attached hydrogens (tertiary/aromatic N) is 2. The zero-order chi connectivity index (χ0) is 11.5. The van der Waals surface area contributed by atoms with Gasteiger partial charge in [-0.25, -0.2) is 4.98 Å². The van der Waals surface area contributed by atoms with E-state index in [2.05, 4.69) is 11.1 Å². The predicted octanol–water partition coefficient (Wildman–Crippen LogP) is 2.83. The molecule has 0 spiro atoms. The lowest BCUT2D eigenvalue weighted by atomic mass is 10.1. The van der Waals surface area contributed by atoms with Crippen LogP contribution in [-0.4, -0.2) is 10.6 Å². The smallest absolute Gasteiger partial charge is 0.232 e. The van der Waals surface area contributed by atoms with Crippen LogP contribution in [0.4, 0.5) is 0 Å². The fraction of sp³-hybridized carbons (Fsp3) is 0.500. The standard InChI is InChI=1S/C12H16N2O/c1-5-12(3,4)15-11-10(8-13)9(2)6-7-14-11/h6-7H,5H2,1-4H3. The third-order valence-corrected chi connectivity index (χ3v) is 2.46. The average molecular weight is 204 g/mol. The molecule has 3 heteroatoms. The Hall–Kier alpha value is -1.56. The summed E-state index contributed by atoms with van der Waals surface area (Å²) in [5, 5.41) is 9.00. The molecule has 0 N–H and O–H groups in total. The van der Waals surface area contributed by atoms with Gasteiger partial charge in [-0.05, 0) is 38.8 Å². The van der Waals surface area contributed by atoms with E-state index in [9.17, 15) is 0 Å². The zero-order valence-corrected chi connectivity index (χ0v) is 9.66. The van der Waals surface area contributed by atoms with Crippen molar-refractivity contribution in [3.63, 3.8) is 0 Å². The van der Waals surface area contributed by atoms with Crippen molar-refractivity contribution in [2.75, 3.05) is 0 Å². The van der Waals surface area contributed by atoms with Crippen LogP contribution in [0.25, 0.3) is 0 Å². The molecule has 0 aliphatic rings. The van der Waals surface area contributed by atoms with E-state index in [4.69, 9.17) is 10.00 Å². The van der Waals surface area contributed by atoms with Crippen molar-refractivity contribution >= 4 is 0 Å². The van der Waals surface area contributed by atoms with Gasteiger partial charge in [0.25, 0.3) is 0 Å². The molecule has 0 aromatic carbocycles. The molecule has 1 heterocycles. The Morgan fingerprint density at radius 2 is 2.20 bits per heavy atom. The average Bonchev–Trinajstić information content (AvgIpc) is 2.18. The molecule has 0 saturated heterocycles. The molecular weight excluding hydrogens is 188 g/mol. The maximum Gasteiger partial charge on any atom is 0.232 e. The molecule has 0 amide bonds. The normalized spacial score (nSPS) is 10.9. The summed E-state index contributed by atoms with van der Waals surface area (Å²) >= 11 is 0. The number of aromatic nitrogens is 1. The highest BCUT2D eigenvalue weighted by Gasteiger charge is 2.20. The fourth-order valence-corrected chi connectivity index (χ4v) is 1.08. The molecule has 15 heavy (non-hydrogen) atoms. The lowest BCUT2D eigenvalue weighted by Crippen LogP contribution is -2.27. The molecule has 1 rings (SSSR count). The van der Waals surface area contributed by atoms with Gasteiger partial charge in [0.1, 0.15) is 17.2 Å². The monoisotopic (exact) mass is 204 g/mol. The first kappa shape index (κ1) is 11.5. The maximum absolute atomic E-state index is 9.00. The molecule has 1 aromatic heterocycles. The minimum absolute atomic E-state index is 0.285. The second-order valence-electron chi connectivity index (χ2n) is 4.14. The van der Waals surface area contributed by atoms with Gasteiger partial charge < -0.3 is 4.74 Å². The van der Waals surface area contributed by atoms with Crippen LogP contribution in [0.3, 0.4) is 0 Å². The summed E-state index contributed by atoms with van der Waals surface area (Å²) in [6.07, 6.45) is 2.53. The van der Waals surface area contributed by atoms with Crippen molar-refractivity contribution in [2.45, 2.75) is 39.7 Å². The van der Waals surface area contributed by atoms with E-state index in [1.54, 1.807) is 6.20 Å². The van der Waals surface area contributed by atoms with Crippen molar-refractivity contribution < 1.29 is 4.74 Å².